The van der Waals surface area contributed by atoms with Crippen LogP contribution in [0, 0.1) is 0 Å². The van der Waals surface area contributed by atoms with Gasteiger partial charge in [0, 0.05) is 16.7 Å². The van der Waals surface area contributed by atoms with Gasteiger partial charge in [-0.25, -0.2) is 4.79 Å². The molecule has 2 amide bonds. The maximum Gasteiger partial charge on any atom is 0.319 e. The number of amides is 2. The fourth-order valence-electron chi connectivity index (χ4n) is 3.11. The molecule has 0 saturated carbocycles. The van der Waals surface area contributed by atoms with E-state index >= 15 is 0 Å². The first kappa shape index (κ1) is 21.3. The summed E-state index contributed by atoms with van der Waals surface area (Å²) in [6, 6.07) is 11.9. The Labute approximate surface area is 170 Å². The maximum atomic E-state index is 12.5. The first-order valence-corrected chi connectivity index (χ1v) is 10.1. The third kappa shape index (κ3) is 5.73. The average molecular weight is 433 g/mol. The first-order valence-electron chi connectivity index (χ1n) is 9.33. The number of carbonyl (C=O) groups is 1. The second-order valence-corrected chi connectivity index (χ2v) is 8.12. The van der Waals surface area contributed by atoms with Gasteiger partial charge in [0.25, 0.3) is 0 Å². The molecule has 0 fully saturated rings. The van der Waals surface area contributed by atoms with E-state index in [4.69, 9.17) is 4.74 Å². The predicted molar refractivity (Wildman–Crippen MR) is 116 cm³/mol. The molecule has 0 unspecified atom stereocenters. The normalized spacial score (nSPS) is 11.0. The molecule has 0 saturated heterocycles. The van der Waals surface area contributed by atoms with Crippen molar-refractivity contribution in [3.8, 4) is 5.75 Å². The molecule has 5 heteroatoms. The first-order chi connectivity index (χ1) is 12.8. The molecule has 0 aromatic heterocycles. The van der Waals surface area contributed by atoms with Gasteiger partial charge in [0.2, 0.25) is 0 Å². The highest BCUT2D eigenvalue weighted by atomic mass is 79.9. The van der Waals surface area contributed by atoms with E-state index in [0.717, 1.165) is 32.6 Å². The fourth-order valence-corrected chi connectivity index (χ4v) is 3.51. The molecule has 4 nitrogen and oxygen atoms in total. The van der Waals surface area contributed by atoms with Gasteiger partial charge in [-0.1, -0.05) is 61.8 Å². The number of carbonyl (C=O) groups excluding carboxylic acids is 1. The Kier molecular flexibility index (Phi) is 7.72. The fraction of sp³-hybridized carbons (Fsp3) is 0.409. The Hall–Kier alpha value is -2.01. The Morgan fingerprint density at radius 1 is 1.07 bits per heavy atom. The molecule has 0 bridgehead atoms. The van der Waals surface area contributed by atoms with Crippen molar-refractivity contribution >= 4 is 27.6 Å². The number of hydrogen-bond acceptors (Lipinski definition) is 2. The molecule has 2 rings (SSSR count). The highest BCUT2D eigenvalue weighted by Crippen LogP contribution is 2.32. The van der Waals surface area contributed by atoms with Crippen LogP contribution in [0.4, 0.5) is 10.5 Å². The number of halogens is 1. The van der Waals surface area contributed by atoms with Crippen molar-refractivity contribution < 1.29 is 9.53 Å². The number of nitrogens with one attached hydrogen (secondary N) is 2. The van der Waals surface area contributed by atoms with Crippen LogP contribution >= 0.6 is 15.9 Å². The SMILES string of the molecule is COc1ccc(Br)cc1CCNC(=O)Nc1c(C(C)C)cccc1C(C)C. The summed E-state index contributed by atoms with van der Waals surface area (Å²) in [5.41, 5.74) is 4.30. The van der Waals surface area contributed by atoms with E-state index in [1.165, 1.54) is 0 Å². The lowest BCUT2D eigenvalue weighted by Crippen LogP contribution is -2.31. The molecule has 2 aromatic rings. The van der Waals surface area contributed by atoms with Crippen molar-refractivity contribution in [2.45, 2.75) is 46.0 Å². The van der Waals surface area contributed by atoms with E-state index in [1.807, 2.05) is 18.2 Å². The highest BCUT2D eigenvalue weighted by Gasteiger charge is 2.15. The maximum absolute atomic E-state index is 12.5. The number of anilines is 1. The molecule has 146 valence electrons. The van der Waals surface area contributed by atoms with Gasteiger partial charge < -0.3 is 15.4 Å². The minimum atomic E-state index is -0.182. The van der Waals surface area contributed by atoms with Crippen molar-refractivity contribution in [2.75, 3.05) is 19.0 Å². The minimum absolute atomic E-state index is 0.182. The van der Waals surface area contributed by atoms with Crippen molar-refractivity contribution in [3.63, 3.8) is 0 Å². The lowest BCUT2D eigenvalue weighted by Gasteiger charge is -2.20. The van der Waals surface area contributed by atoms with E-state index < -0.39 is 0 Å². The van der Waals surface area contributed by atoms with E-state index in [9.17, 15) is 4.79 Å². The number of urea groups is 1. The van der Waals surface area contributed by atoms with Gasteiger partial charge in [-0.05, 0) is 53.1 Å². The summed E-state index contributed by atoms with van der Waals surface area (Å²) in [7, 11) is 1.66. The zero-order valence-electron chi connectivity index (χ0n) is 16.7. The molecule has 0 radical (unpaired) electrons. The van der Waals surface area contributed by atoms with Gasteiger partial charge in [0.05, 0.1) is 7.11 Å². The lowest BCUT2D eigenvalue weighted by atomic mass is 9.93. The largest absolute Gasteiger partial charge is 0.496 e. The molecule has 27 heavy (non-hydrogen) atoms. The van der Waals surface area contributed by atoms with Crippen LogP contribution in [0.5, 0.6) is 5.75 Å². The second-order valence-electron chi connectivity index (χ2n) is 7.21. The molecule has 0 aliphatic carbocycles. The molecule has 0 aliphatic heterocycles. The number of benzene rings is 2. The Bertz CT molecular complexity index is 762. The van der Waals surface area contributed by atoms with Gasteiger partial charge in [-0.15, -0.1) is 0 Å². The van der Waals surface area contributed by atoms with Crippen LogP contribution in [0.1, 0.15) is 56.2 Å². The number of hydrogen-bond donors (Lipinski definition) is 2. The van der Waals surface area contributed by atoms with Crippen LogP contribution in [0.2, 0.25) is 0 Å². The van der Waals surface area contributed by atoms with E-state index in [2.05, 4.69) is 72.5 Å². The summed E-state index contributed by atoms with van der Waals surface area (Å²) in [6.45, 7) is 9.09. The number of rotatable bonds is 7. The second kappa shape index (κ2) is 9.79. The monoisotopic (exact) mass is 432 g/mol. The van der Waals surface area contributed by atoms with Crippen LogP contribution in [-0.4, -0.2) is 19.7 Å². The molecule has 0 atom stereocenters. The third-order valence-electron chi connectivity index (χ3n) is 4.53. The summed E-state index contributed by atoms with van der Waals surface area (Å²) >= 11 is 3.48. The van der Waals surface area contributed by atoms with Crippen LogP contribution < -0.4 is 15.4 Å². The Balaban J connectivity index is 2.05. The summed E-state index contributed by atoms with van der Waals surface area (Å²) in [5, 5.41) is 6.04. The van der Waals surface area contributed by atoms with E-state index in [-0.39, 0.29) is 6.03 Å². The van der Waals surface area contributed by atoms with Crippen molar-refractivity contribution in [2.24, 2.45) is 0 Å². The molecule has 2 aromatic carbocycles. The van der Waals surface area contributed by atoms with Crippen molar-refractivity contribution in [3.05, 3.63) is 57.6 Å². The van der Waals surface area contributed by atoms with Crippen molar-refractivity contribution in [1.82, 2.24) is 5.32 Å². The van der Waals surface area contributed by atoms with Gasteiger partial charge in [0.15, 0.2) is 0 Å². The summed E-state index contributed by atoms with van der Waals surface area (Å²) in [4.78, 5) is 12.5. The number of ether oxygens (including phenoxy) is 1. The van der Waals surface area contributed by atoms with Crippen LogP contribution in [0.25, 0.3) is 0 Å². The van der Waals surface area contributed by atoms with Crippen molar-refractivity contribution in [1.29, 1.82) is 0 Å². The average Bonchev–Trinajstić information content (AvgIpc) is 2.61. The topological polar surface area (TPSA) is 50.4 Å². The number of methoxy groups -OCH3 is 1. The highest BCUT2D eigenvalue weighted by molar-refractivity contribution is 9.10. The van der Waals surface area contributed by atoms with Gasteiger partial charge in [-0.3, -0.25) is 0 Å². The summed E-state index contributed by atoms with van der Waals surface area (Å²) in [5.74, 6) is 1.50. The zero-order valence-corrected chi connectivity index (χ0v) is 18.3. The van der Waals surface area contributed by atoms with Gasteiger partial charge >= 0.3 is 6.03 Å². The smallest absolute Gasteiger partial charge is 0.319 e. The molecule has 2 N–H and O–H groups in total. The van der Waals surface area contributed by atoms with Crippen LogP contribution in [-0.2, 0) is 6.42 Å². The van der Waals surface area contributed by atoms with Gasteiger partial charge in [0.1, 0.15) is 5.75 Å². The Morgan fingerprint density at radius 3 is 2.26 bits per heavy atom. The lowest BCUT2D eigenvalue weighted by molar-refractivity contribution is 0.252. The minimum Gasteiger partial charge on any atom is -0.496 e. The van der Waals surface area contributed by atoms with Crippen LogP contribution in [0.15, 0.2) is 40.9 Å². The molecular formula is C22H29BrN2O2. The molecular weight excluding hydrogens is 404 g/mol. The predicted octanol–water partition coefficient (Wildman–Crippen LogP) is 6.07. The summed E-state index contributed by atoms with van der Waals surface area (Å²) < 4.78 is 6.38. The standard InChI is InChI=1S/C22H29BrN2O2/c1-14(2)18-7-6-8-19(15(3)4)21(18)25-22(26)24-12-11-16-13-17(23)9-10-20(16)27-5/h6-10,13-15H,11-12H2,1-5H3,(H2,24,25,26). The quantitative estimate of drug-likeness (QED) is 0.557. The molecule has 0 spiro atoms. The van der Waals surface area contributed by atoms with E-state index in [0.29, 0.717) is 24.8 Å². The zero-order chi connectivity index (χ0) is 20.0. The molecule has 0 aliphatic rings. The van der Waals surface area contributed by atoms with E-state index in [1.54, 1.807) is 7.11 Å². The third-order valence-corrected chi connectivity index (χ3v) is 5.03. The van der Waals surface area contributed by atoms with Crippen LogP contribution in [0.3, 0.4) is 0 Å². The summed E-state index contributed by atoms with van der Waals surface area (Å²) in [6.07, 6.45) is 0.693. The Morgan fingerprint density at radius 2 is 1.70 bits per heavy atom. The molecule has 0 heterocycles. The van der Waals surface area contributed by atoms with Gasteiger partial charge in [-0.2, -0.15) is 0 Å². The number of para-hydroxylation sites is 1.